The molecule has 0 amide bonds. The van der Waals surface area contributed by atoms with E-state index in [1.54, 1.807) is 12.4 Å². The maximum atomic E-state index is 8.74. The molecule has 0 saturated carbocycles. The first kappa shape index (κ1) is 13.3. The summed E-state index contributed by atoms with van der Waals surface area (Å²) in [5.74, 6) is 1.74. The highest BCUT2D eigenvalue weighted by molar-refractivity contribution is 5.37. The fourth-order valence-electron chi connectivity index (χ4n) is 3.22. The second-order valence-corrected chi connectivity index (χ2v) is 5.81. The van der Waals surface area contributed by atoms with Crippen LogP contribution in [0.3, 0.4) is 0 Å². The number of hydrogen-bond acceptors (Lipinski definition) is 5. The van der Waals surface area contributed by atoms with E-state index in [9.17, 15) is 0 Å². The van der Waals surface area contributed by atoms with Crippen molar-refractivity contribution in [2.75, 3.05) is 37.6 Å². The van der Waals surface area contributed by atoms with Gasteiger partial charge in [0.15, 0.2) is 5.69 Å². The zero-order chi connectivity index (χ0) is 13.8. The molecule has 0 spiro atoms. The lowest BCUT2D eigenvalue weighted by Gasteiger charge is -2.34. The molecular formula is C15H21N5. The van der Waals surface area contributed by atoms with Crippen molar-refractivity contribution in [3.8, 4) is 6.07 Å². The van der Waals surface area contributed by atoms with E-state index in [4.69, 9.17) is 5.26 Å². The standard InChI is InChI=1S/C15H21N5/c16-9-14-10-18-15(11-17-14)20-7-3-13(4-8-20)12-19-5-1-2-6-19/h10-11,13H,1-8,12H2. The van der Waals surface area contributed by atoms with Gasteiger partial charge in [0, 0.05) is 19.6 Å². The Kier molecular flexibility index (Phi) is 4.12. The van der Waals surface area contributed by atoms with Crippen LogP contribution in [0.1, 0.15) is 31.4 Å². The van der Waals surface area contributed by atoms with E-state index in [1.807, 2.05) is 6.07 Å². The van der Waals surface area contributed by atoms with Crippen LogP contribution in [-0.4, -0.2) is 47.6 Å². The molecule has 2 fully saturated rings. The lowest BCUT2D eigenvalue weighted by Crippen LogP contribution is -2.38. The van der Waals surface area contributed by atoms with Crippen molar-refractivity contribution < 1.29 is 0 Å². The summed E-state index contributed by atoms with van der Waals surface area (Å²) >= 11 is 0. The Morgan fingerprint density at radius 2 is 1.85 bits per heavy atom. The third-order valence-corrected chi connectivity index (χ3v) is 4.41. The molecule has 0 N–H and O–H groups in total. The quantitative estimate of drug-likeness (QED) is 0.837. The van der Waals surface area contributed by atoms with Crippen LogP contribution in [0.25, 0.3) is 0 Å². The number of likely N-dealkylation sites (tertiary alicyclic amines) is 1. The molecule has 1 aromatic heterocycles. The smallest absolute Gasteiger partial charge is 0.158 e. The van der Waals surface area contributed by atoms with E-state index in [-0.39, 0.29) is 0 Å². The molecule has 106 valence electrons. The summed E-state index contributed by atoms with van der Waals surface area (Å²) in [5.41, 5.74) is 0.387. The SMILES string of the molecule is N#Cc1cnc(N2CCC(CN3CCCC3)CC2)cn1. The van der Waals surface area contributed by atoms with Crippen molar-refractivity contribution >= 4 is 5.82 Å². The van der Waals surface area contributed by atoms with Gasteiger partial charge in [-0.2, -0.15) is 5.26 Å². The van der Waals surface area contributed by atoms with Gasteiger partial charge < -0.3 is 9.80 Å². The molecule has 5 nitrogen and oxygen atoms in total. The van der Waals surface area contributed by atoms with E-state index in [0.717, 1.165) is 24.8 Å². The summed E-state index contributed by atoms with van der Waals surface area (Å²) in [6.45, 7) is 5.97. The van der Waals surface area contributed by atoms with Crippen molar-refractivity contribution in [3.05, 3.63) is 18.1 Å². The van der Waals surface area contributed by atoms with Crippen LogP contribution in [0.2, 0.25) is 0 Å². The molecule has 20 heavy (non-hydrogen) atoms. The van der Waals surface area contributed by atoms with Gasteiger partial charge >= 0.3 is 0 Å². The van der Waals surface area contributed by atoms with Gasteiger partial charge in [0.2, 0.25) is 0 Å². The fourth-order valence-corrected chi connectivity index (χ4v) is 3.22. The molecule has 2 aliphatic heterocycles. The number of rotatable bonds is 3. The van der Waals surface area contributed by atoms with E-state index in [2.05, 4.69) is 19.8 Å². The van der Waals surface area contributed by atoms with E-state index in [1.165, 1.54) is 45.3 Å². The second kappa shape index (κ2) is 6.19. The van der Waals surface area contributed by atoms with Crippen LogP contribution in [-0.2, 0) is 0 Å². The number of nitrogens with zero attached hydrogens (tertiary/aromatic N) is 5. The van der Waals surface area contributed by atoms with Crippen LogP contribution in [0, 0.1) is 17.2 Å². The highest BCUT2D eigenvalue weighted by Crippen LogP contribution is 2.23. The van der Waals surface area contributed by atoms with Gasteiger partial charge in [0.25, 0.3) is 0 Å². The molecule has 2 saturated heterocycles. The summed E-state index contributed by atoms with van der Waals surface area (Å²) in [7, 11) is 0. The Morgan fingerprint density at radius 3 is 2.45 bits per heavy atom. The Morgan fingerprint density at radius 1 is 1.10 bits per heavy atom. The molecule has 0 atom stereocenters. The number of piperidine rings is 1. The maximum absolute atomic E-state index is 8.74. The minimum absolute atomic E-state index is 0.387. The van der Waals surface area contributed by atoms with Crippen molar-refractivity contribution in [1.82, 2.24) is 14.9 Å². The largest absolute Gasteiger partial charge is 0.355 e. The first-order chi connectivity index (χ1) is 9.85. The van der Waals surface area contributed by atoms with Gasteiger partial charge in [-0.1, -0.05) is 0 Å². The van der Waals surface area contributed by atoms with Crippen molar-refractivity contribution in [1.29, 1.82) is 5.26 Å². The number of nitriles is 1. The van der Waals surface area contributed by atoms with E-state index < -0.39 is 0 Å². The fraction of sp³-hybridized carbons (Fsp3) is 0.667. The molecule has 5 heteroatoms. The average Bonchev–Trinajstić information content (AvgIpc) is 3.01. The Labute approximate surface area is 120 Å². The molecule has 2 aliphatic rings. The topological polar surface area (TPSA) is 56.1 Å². The lowest BCUT2D eigenvalue weighted by molar-refractivity contribution is 0.249. The van der Waals surface area contributed by atoms with E-state index >= 15 is 0 Å². The summed E-state index contributed by atoms with van der Waals surface area (Å²) in [6.07, 6.45) is 8.50. The monoisotopic (exact) mass is 271 g/mol. The Bertz CT molecular complexity index is 464. The number of hydrogen-bond donors (Lipinski definition) is 0. The zero-order valence-corrected chi connectivity index (χ0v) is 11.8. The maximum Gasteiger partial charge on any atom is 0.158 e. The third kappa shape index (κ3) is 3.07. The molecule has 0 aromatic carbocycles. The second-order valence-electron chi connectivity index (χ2n) is 5.81. The van der Waals surface area contributed by atoms with Crippen LogP contribution < -0.4 is 4.90 Å². The number of anilines is 1. The number of aromatic nitrogens is 2. The highest BCUT2D eigenvalue weighted by atomic mass is 15.2. The van der Waals surface area contributed by atoms with Gasteiger partial charge in [-0.05, 0) is 44.7 Å². The van der Waals surface area contributed by atoms with Crippen LogP contribution in [0.15, 0.2) is 12.4 Å². The molecule has 1 aromatic rings. The normalized spacial score (nSPS) is 21.1. The predicted molar refractivity (Wildman–Crippen MR) is 77.4 cm³/mol. The molecule has 0 radical (unpaired) electrons. The van der Waals surface area contributed by atoms with Crippen LogP contribution >= 0.6 is 0 Å². The minimum Gasteiger partial charge on any atom is -0.355 e. The van der Waals surface area contributed by atoms with Gasteiger partial charge in [0.05, 0.1) is 12.4 Å². The van der Waals surface area contributed by atoms with Gasteiger partial charge in [-0.15, -0.1) is 0 Å². The minimum atomic E-state index is 0.387. The summed E-state index contributed by atoms with van der Waals surface area (Å²) < 4.78 is 0. The summed E-state index contributed by atoms with van der Waals surface area (Å²) in [5, 5.41) is 8.74. The van der Waals surface area contributed by atoms with Crippen molar-refractivity contribution in [3.63, 3.8) is 0 Å². The molecular weight excluding hydrogens is 250 g/mol. The van der Waals surface area contributed by atoms with Crippen molar-refractivity contribution in [2.24, 2.45) is 5.92 Å². The third-order valence-electron chi connectivity index (χ3n) is 4.41. The highest BCUT2D eigenvalue weighted by Gasteiger charge is 2.23. The Hall–Kier alpha value is -1.67. The first-order valence-electron chi connectivity index (χ1n) is 7.54. The molecule has 0 aliphatic carbocycles. The average molecular weight is 271 g/mol. The molecule has 3 heterocycles. The first-order valence-corrected chi connectivity index (χ1v) is 7.54. The summed E-state index contributed by atoms with van der Waals surface area (Å²) in [6, 6.07) is 2.01. The predicted octanol–water partition coefficient (Wildman–Crippen LogP) is 1.66. The molecule has 3 rings (SSSR count). The zero-order valence-electron chi connectivity index (χ0n) is 11.8. The summed E-state index contributed by atoms with van der Waals surface area (Å²) in [4.78, 5) is 13.3. The van der Waals surface area contributed by atoms with E-state index in [0.29, 0.717) is 5.69 Å². The van der Waals surface area contributed by atoms with Crippen LogP contribution in [0.4, 0.5) is 5.82 Å². The lowest BCUT2D eigenvalue weighted by atomic mass is 9.96. The van der Waals surface area contributed by atoms with Gasteiger partial charge in [-0.25, -0.2) is 9.97 Å². The molecule has 0 unspecified atom stereocenters. The molecule has 0 bridgehead atoms. The van der Waals surface area contributed by atoms with Gasteiger partial charge in [0.1, 0.15) is 11.9 Å². The van der Waals surface area contributed by atoms with Crippen molar-refractivity contribution in [2.45, 2.75) is 25.7 Å². The Balaban J connectivity index is 1.51. The van der Waals surface area contributed by atoms with Crippen LogP contribution in [0.5, 0.6) is 0 Å². The van der Waals surface area contributed by atoms with Gasteiger partial charge in [-0.3, -0.25) is 0 Å².